The first-order valence-corrected chi connectivity index (χ1v) is 4.02. The van der Waals surface area contributed by atoms with E-state index in [2.05, 4.69) is 0 Å². The molecule has 1 aromatic carbocycles. The third-order valence-corrected chi connectivity index (χ3v) is 1.87. The van der Waals surface area contributed by atoms with Crippen LogP contribution in [0.1, 0.15) is 31.0 Å². The smallest absolute Gasteiger partial charge is 0.0355 e. The van der Waals surface area contributed by atoms with Gasteiger partial charge >= 0.3 is 0 Å². The average molecular weight is 162 g/mol. The lowest BCUT2D eigenvalue weighted by Gasteiger charge is -2.05. The Balaban J connectivity index is 2.93. The van der Waals surface area contributed by atoms with E-state index in [0.717, 1.165) is 11.1 Å². The van der Waals surface area contributed by atoms with Crippen LogP contribution in [-0.4, -0.2) is 5.71 Å². The van der Waals surface area contributed by atoms with Gasteiger partial charge in [-0.2, -0.15) is 0 Å². The minimum Gasteiger partial charge on any atom is -0.324 e. The molecule has 3 N–H and O–H groups in total. The maximum atomic E-state index is 7.38. The molecule has 0 heterocycles. The van der Waals surface area contributed by atoms with Crippen LogP contribution in [0.25, 0.3) is 0 Å². The van der Waals surface area contributed by atoms with Crippen LogP contribution < -0.4 is 5.73 Å². The lowest BCUT2D eigenvalue weighted by molar-refractivity contribution is 0.818. The Kier molecular flexibility index (Phi) is 2.61. The van der Waals surface area contributed by atoms with E-state index in [1.54, 1.807) is 6.92 Å². The molecule has 0 aliphatic carbocycles. The first kappa shape index (κ1) is 8.94. The summed E-state index contributed by atoms with van der Waals surface area (Å²) in [7, 11) is 0. The summed E-state index contributed by atoms with van der Waals surface area (Å²) in [6, 6.07) is 7.88. The predicted molar refractivity (Wildman–Crippen MR) is 51.5 cm³/mol. The molecule has 0 saturated heterocycles. The number of rotatable bonds is 2. The number of hydrogen-bond donors (Lipinski definition) is 2. The molecule has 0 radical (unpaired) electrons. The van der Waals surface area contributed by atoms with Crippen LogP contribution in [0.4, 0.5) is 0 Å². The molecule has 2 nitrogen and oxygen atoms in total. The van der Waals surface area contributed by atoms with Gasteiger partial charge in [0.15, 0.2) is 0 Å². The normalized spacial score (nSPS) is 12.6. The lowest BCUT2D eigenvalue weighted by atomic mass is 10.1. The maximum absolute atomic E-state index is 7.38. The van der Waals surface area contributed by atoms with E-state index < -0.39 is 0 Å². The molecule has 0 aliphatic heterocycles. The van der Waals surface area contributed by atoms with Crippen LogP contribution in [0.5, 0.6) is 0 Å². The largest absolute Gasteiger partial charge is 0.324 e. The summed E-state index contributed by atoms with van der Waals surface area (Å²) in [4.78, 5) is 0. The Labute approximate surface area is 72.9 Å². The van der Waals surface area contributed by atoms with E-state index >= 15 is 0 Å². The van der Waals surface area contributed by atoms with Crippen LogP contribution in [0.15, 0.2) is 24.3 Å². The standard InChI is InChI=1S/C10H14N2/c1-7(11)9-3-5-10(6-4-9)8(2)12/h3-7,12H,11H2,1-2H3. The molecule has 1 aromatic rings. The molecule has 0 bridgehead atoms. The second kappa shape index (κ2) is 3.50. The SMILES string of the molecule is CC(=N)c1ccc(C(C)N)cc1. The average Bonchev–Trinajstić information content (AvgIpc) is 2.04. The monoisotopic (exact) mass is 162 g/mol. The molecule has 2 heteroatoms. The molecule has 0 amide bonds. The molecule has 1 atom stereocenters. The topological polar surface area (TPSA) is 49.9 Å². The predicted octanol–water partition coefficient (Wildman–Crippen LogP) is 2.09. The summed E-state index contributed by atoms with van der Waals surface area (Å²) < 4.78 is 0. The highest BCUT2D eigenvalue weighted by atomic mass is 14.6. The fraction of sp³-hybridized carbons (Fsp3) is 0.300. The van der Waals surface area contributed by atoms with E-state index in [1.165, 1.54) is 0 Å². The molecule has 0 spiro atoms. The number of nitrogens with two attached hydrogens (primary N) is 1. The highest BCUT2D eigenvalue weighted by Gasteiger charge is 1.99. The van der Waals surface area contributed by atoms with Crippen molar-refractivity contribution < 1.29 is 0 Å². The lowest BCUT2D eigenvalue weighted by Crippen LogP contribution is -2.05. The minimum atomic E-state index is 0.0742. The van der Waals surface area contributed by atoms with Gasteiger partial charge in [0, 0.05) is 11.8 Å². The zero-order valence-electron chi connectivity index (χ0n) is 7.46. The van der Waals surface area contributed by atoms with Gasteiger partial charge in [0.05, 0.1) is 0 Å². The quantitative estimate of drug-likeness (QED) is 0.643. The Morgan fingerprint density at radius 1 is 1.33 bits per heavy atom. The van der Waals surface area contributed by atoms with Gasteiger partial charge in [-0.1, -0.05) is 24.3 Å². The van der Waals surface area contributed by atoms with Crippen LogP contribution in [0.3, 0.4) is 0 Å². The zero-order chi connectivity index (χ0) is 9.14. The number of nitrogens with one attached hydrogen (secondary N) is 1. The molecule has 0 aromatic heterocycles. The van der Waals surface area contributed by atoms with Gasteiger partial charge < -0.3 is 11.1 Å². The molecule has 1 rings (SSSR count). The van der Waals surface area contributed by atoms with E-state index in [1.807, 2.05) is 31.2 Å². The highest BCUT2D eigenvalue weighted by molar-refractivity contribution is 5.96. The van der Waals surface area contributed by atoms with Crippen molar-refractivity contribution in [1.29, 1.82) is 5.41 Å². The zero-order valence-corrected chi connectivity index (χ0v) is 7.46. The third-order valence-electron chi connectivity index (χ3n) is 1.87. The van der Waals surface area contributed by atoms with E-state index in [4.69, 9.17) is 11.1 Å². The van der Waals surface area contributed by atoms with Crippen molar-refractivity contribution >= 4 is 5.71 Å². The fourth-order valence-corrected chi connectivity index (χ4v) is 1.04. The van der Waals surface area contributed by atoms with Crippen molar-refractivity contribution in [1.82, 2.24) is 0 Å². The summed E-state index contributed by atoms with van der Waals surface area (Å²) in [6.07, 6.45) is 0. The molecular formula is C10H14N2. The Bertz CT molecular complexity index is 272. The van der Waals surface area contributed by atoms with Crippen LogP contribution in [-0.2, 0) is 0 Å². The van der Waals surface area contributed by atoms with Crippen molar-refractivity contribution in [2.75, 3.05) is 0 Å². The van der Waals surface area contributed by atoms with Gasteiger partial charge in [0.2, 0.25) is 0 Å². The van der Waals surface area contributed by atoms with Gasteiger partial charge in [-0.05, 0) is 25.0 Å². The van der Waals surface area contributed by atoms with Crippen LogP contribution in [0, 0.1) is 5.41 Å². The Morgan fingerprint density at radius 3 is 2.17 bits per heavy atom. The summed E-state index contributed by atoms with van der Waals surface area (Å²) >= 11 is 0. The second-order valence-corrected chi connectivity index (χ2v) is 3.04. The van der Waals surface area contributed by atoms with Crippen molar-refractivity contribution in [2.24, 2.45) is 5.73 Å². The molecule has 0 fully saturated rings. The Hall–Kier alpha value is -1.15. The van der Waals surface area contributed by atoms with Gasteiger partial charge in [-0.3, -0.25) is 0 Å². The number of benzene rings is 1. The van der Waals surface area contributed by atoms with Crippen molar-refractivity contribution in [3.05, 3.63) is 35.4 Å². The minimum absolute atomic E-state index is 0.0742. The molecule has 1 unspecified atom stereocenters. The van der Waals surface area contributed by atoms with Gasteiger partial charge in [0.25, 0.3) is 0 Å². The summed E-state index contributed by atoms with van der Waals surface area (Å²) in [5.41, 5.74) is 8.34. The fourth-order valence-electron chi connectivity index (χ4n) is 1.04. The summed E-state index contributed by atoms with van der Waals surface area (Å²) in [5.74, 6) is 0. The molecule has 0 aliphatic rings. The van der Waals surface area contributed by atoms with Gasteiger partial charge in [0.1, 0.15) is 0 Å². The van der Waals surface area contributed by atoms with Gasteiger partial charge in [-0.15, -0.1) is 0 Å². The second-order valence-electron chi connectivity index (χ2n) is 3.04. The third kappa shape index (κ3) is 1.92. The summed E-state index contributed by atoms with van der Waals surface area (Å²) in [5, 5.41) is 7.38. The number of hydrogen-bond acceptors (Lipinski definition) is 2. The first-order chi connectivity index (χ1) is 5.61. The molecule has 0 saturated carbocycles. The van der Waals surface area contributed by atoms with E-state index in [-0.39, 0.29) is 6.04 Å². The van der Waals surface area contributed by atoms with Crippen LogP contribution in [0.2, 0.25) is 0 Å². The highest BCUT2D eigenvalue weighted by Crippen LogP contribution is 2.10. The van der Waals surface area contributed by atoms with E-state index in [0.29, 0.717) is 5.71 Å². The van der Waals surface area contributed by atoms with Crippen LogP contribution >= 0.6 is 0 Å². The molecule has 64 valence electrons. The van der Waals surface area contributed by atoms with E-state index in [9.17, 15) is 0 Å². The van der Waals surface area contributed by atoms with Crippen molar-refractivity contribution in [3.8, 4) is 0 Å². The molecule has 12 heavy (non-hydrogen) atoms. The van der Waals surface area contributed by atoms with Crippen molar-refractivity contribution in [2.45, 2.75) is 19.9 Å². The van der Waals surface area contributed by atoms with Crippen molar-refractivity contribution in [3.63, 3.8) is 0 Å². The Morgan fingerprint density at radius 2 is 1.83 bits per heavy atom. The molecular weight excluding hydrogens is 148 g/mol. The first-order valence-electron chi connectivity index (χ1n) is 4.02. The maximum Gasteiger partial charge on any atom is 0.0355 e. The van der Waals surface area contributed by atoms with Gasteiger partial charge in [-0.25, -0.2) is 0 Å². The summed E-state index contributed by atoms with van der Waals surface area (Å²) in [6.45, 7) is 3.73.